The van der Waals surface area contributed by atoms with Gasteiger partial charge in [-0.3, -0.25) is 4.68 Å². The number of aryl methyl sites for hydroxylation is 1. The number of hydrogen-bond donors (Lipinski definition) is 1. The van der Waals surface area contributed by atoms with Gasteiger partial charge in [-0.15, -0.1) is 11.3 Å². The molecule has 0 aliphatic carbocycles. The summed E-state index contributed by atoms with van der Waals surface area (Å²) in [5.41, 5.74) is 0. The van der Waals surface area contributed by atoms with Crippen LogP contribution in [0.4, 0.5) is 5.13 Å². The molecule has 2 rings (SSSR count). The van der Waals surface area contributed by atoms with Crippen LogP contribution in [-0.4, -0.2) is 21.3 Å². The van der Waals surface area contributed by atoms with E-state index in [9.17, 15) is 0 Å². The number of anilines is 1. The Morgan fingerprint density at radius 1 is 1.43 bits per heavy atom. The summed E-state index contributed by atoms with van der Waals surface area (Å²) in [4.78, 5) is 4.14. The Bertz CT molecular complexity index is 305. The maximum Gasteiger partial charge on any atom is 0.182 e. The number of aromatic nitrogens is 3. The molecule has 4 nitrogen and oxygen atoms in total. The van der Waals surface area contributed by atoms with Crippen molar-refractivity contribution >= 4 is 16.5 Å². The molecule has 0 amide bonds. The van der Waals surface area contributed by atoms with Crippen LogP contribution in [0.15, 0.2) is 30.0 Å². The standard InChI is InChI=1S/C9H12N4S/c1(6-13-7-2-4-12-13)3-10-9-11-5-8-14-9/h2,4-5,7-8H,1,3,6H2,(H,10,11). The zero-order valence-corrected chi connectivity index (χ0v) is 8.57. The molecule has 2 heterocycles. The van der Waals surface area contributed by atoms with Crippen LogP contribution in [0.1, 0.15) is 6.42 Å². The average molecular weight is 208 g/mol. The maximum absolute atomic E-state index is 4.14. The first kappa shape index (κ1) is 9.21. The summed E-state index contributed by atoms with van der Waals surface area (Å²) in [5.74, 6) is 0. The molecule has 2 aromatic rings. The van der Waals surface area contributed by atoms with Gasteiger partial charge >= 0.3 is 0 Å². The number of thiazole rings is 1. The van der Waals surface area contributed by atoms with Gasteiger partial charge in [-0.2, -0.15) is 5.10 Å². The molecule has 0 spiro atoms. The molecule has 1 N–H and O–H groups in total. The molecule has 5 heteroatoms. The van der Waals surface area contributed by atoms with Gasteiger partial charge in [-0.05, 0) is 12.5 Å². The van der Waals surface area contributed by atoms with Gasteiger partial charge in [0, 0.05) is 37.1 Å². The van der Waals surface area contributed by atoms with E-state index in [1.165, 1.54) is 0 Å². The largest absolute Gasteiger partial charge is 0.361 e. The lowest BCUT2D eigenvalue weighted by atomic mass is 10.4. The Morgan fingerprint density at radius 3 is 3.14 bits per heavy atom. The lowest BCUT2D eigenvalue weighted by Gasteiger charge is -2.02. The highest BCUT2D eigenvalue weighted by Crippen LogP contribution is 2.09. The Balaban J connectivity index is 1.65. The molecule has 0 aliphatic rings. The van der Waals surface area contributed by atoms with E-state index in [1.807, 2.05) is 22.3 Å². The molecular weight excluding hydrogens is 196 g/mol. The smallest absolute Gasteiger partial charge is 0.182 e. The van der Waals surface area contributed by atoms with Crippen molar-refractivity contribution in [3.05, 3.63) is 30.0 Å². The summed E-state index contributed by atoms with van der Waals surface area (Å²) in [6.07, 6.45) is 6.64. The van der Waals surface area contributed by atoms with Gasteiger partial charge in [-0.1, -0.05) is 0 Å². The Morgan fingerprint density at radius 2 is 2.43 bits per heavy atom. The second kappa shape index (κ2) is 4.76. The molecule has 0 fully saturated rings. The minimum atomic E-state index is 0.938. The number of nitrogens with zero attached hydrogens (tertiary/aromatic N) is 3. The van der Waals surface area contributed by atoms with Gasteiger partial charge in [0.1, 0.15) is 0 Å². The summed E-state index contributed by atoms with van der Waals surface area (Å²) in [6.45, 7) is 1.89. The van der Waals surface area contributed by atoms with Crippen LogP contribution in [0.5, 0.6) is 0 Å². The van der Waals surface area contributed by atoms with Gasteiger partial charge in [0.05, 0.1) is 0 Å². The van der Waals surface area contributed by atoms with Gasteiger partial charge in [0.2, 0.25) is 0 Å². The molecule has 74 valence electrons. The molecule has 0 aliphatic heterocycles. The molecule has 0 radical (unpaired) electrons. The Labute approximate surface area is 86.6 Å². The fraction of sp³-hybridized carbons (Fsp3) is 0.333. The third-order valence-corrected chi connectivity index (χ3v) is 2.56. The van der Waals surface area contributed by atoms with Crippen molar-refractivity contribution in [2.45, 2.75) is 13.0 Å². The fourth-order valence-corrected chi connectivity index (χ4v) is 1.74. The molecule has 0 unspecified atom stereocenters. The summed E-state index contributed by atoms with van der Waals surface area (Å²) >= 11 is 1.63. The van der Waals surface area contributed by atoms with E-state index in [1.54, 1.807) is 23.7 Å². The topological polar surface area (TPSA) is 42.7 Å². The minimum absolute atomic E-state index is 0.938. The van der Waals surface area contributed by atoms with E-state index in [0.29, 0.717) is 0 Å². The first-order valence-electron chi connectivity index (χ1n) is 4.56. The van der Waals surface area contributed by atoms with Crippen molar-refractivity contribution in [2.75, 3.05) is 11.9 Å². The van der Waals surface area contributed by atoms with Crippen molar-refractivity contribution < 1.29 is 0 Å². The van der Waals surface area contributed by atoms with Gasteiger partial charge < -0.3 is 5.32 Å². The van der Waals surface area contributed by atoms with Crippen molar-refractivity contribution in [3.8, 4) is 0 Å². The van der Waals surface area contributed by atoms with Crippen molar-refractivity contribution in [1.82, 2.24) is 14.8 Å². The first-order chi connectivity index (χ1) is 6.95. The van der Waals surface area contributed by atoms with Crippen molar-refractivity contribution in [2.24, 2.45) is 0 Å². The quantitative estimate of drug-likeness (QED) is 0.762. The fourth-order valence-electron chi connectivity index (χ4n) is 1.18. The average Bonchev–Trinajstić information content (AvgIpc) is 2.86. The Kier molecular flexibility index (Phi) is 3.13. The highest BCUT2D eigenvalue weighted by Gasteiger charge is 1.93. The van der Waals surface area contributed by atoms with E-state index in [-0.39, 0.29) is 0 Å². The van der Waals surface area contributed by atoms with Gasteiger partial charge in [0.15, 0.2) is 5.13 Å². The predicted octanol–water partition coefficient (Wildman–Crippen LogP) is 1.84. The lowest BCUT2D eigenvalue weighted by Crippen LogP contribution is -2.06. The number of hydrogen-bond acceptors (Lipinski definition) is 4. The molecule has 0 atom stereocenters. The highest BCUT2D eigenvalue weighted by molar-refractivity contribution is 7.13. The van der Waals surface area contributed by atoms with E-state index in [2.05, 4.69) is 15.4 Å². The molecule has 0 aromatic carbocycles. The number of rotatable bonds is 5. The van der Waals surface area contributed by atoms with Crippen LogP contribution in [0.3, 0.4) is 0 Å². The third-order valence-electron chi connectivity index (χ3n) is 1.83. The normalized spacial score (nSPS) is 10.3. The molecule has 0 saturated heterocycles. The van der Waals surface area contributed by atoms with E-state index in [0.717, 1.165) is 24.6 Å². The number of nitrogens with one attached hydrogen (secondary N) is 1. The summed E-state index contributed by atoms with van der Waals surface area (Å²) in [7, 11) is 0. The monoisotopic (exact) mass is 208 g/mol. The van der Waals surface area contributed by atoms with E-state index < -0.39 is 0 Å². The zero-order chi connectivity index (χ0) is 9.64. The second-order valence-electron chi connectivity index (χ2n) is 2.89. The second-order valence-corrected chi connectivity index (χ2v) is 3.78. The zero-order valence-electron chi connectivity index (χ0n) is 7.76. The van der Waals surface area contributed by atoms with Crippen LogP contribution in [-0.2, 0) is 6.54 Å². The van der Waals surface area contributed by atoms with E-state index >= 15 is 0 Å². The van der Waals surface area contributed by atoms with Crippen molar-refractivity contribution in [1.29, 1.82) is 0 Å². The van der Waals surface area contributed by atoms with Crippen LogP contribution in [0.2, 0.25) is 0 Å². The maximum atomic E-state index is 4.14. The summed E-state index contributed by atoms with van der Waals surface area (Å²) in [5, 5.41) is 10.3. The molecule has 14 heavy (non-hydrogen) atoms. The van der Waals surface area contributed by atoms with Crippen LogP contribution in [0, 0.1) is 0 Å². The molecule has 0 bridgehead atoms. The predicted molar refractivity (Wildman–Crippen MR) is 57.4 cm³/mol. The highest BCUT2D eigenvalue weighted by atomic mass is 32.1. The molecule has 0 saturated carbocycles. The van der Waals surface area contributed by atoms with Crippen molar-refractivity contribution in [3.63, 3.8) is 0 Å². The van der Waals surface area contributed by atoms with E-state index in [4.69, 9.17) is 0 Å². The Hall–Kier alpha value is -1.36. The SMILES string of the molecule is c1cnn(CCCNc2nccs2)c1. The molecule has 2 aromatic heterocycles. The molecular formula is C9H12N4S. The summed E-state index contributed by atoms with van der Waals surface area (Å²) in [6, 6.07) is 1.94. The van der Waals surface area contributed by atoms with Crippen LogP contribution in [0.25, 0.3) is 0 Å². The summed E-state index contributed by atoms with van der Waals surface area (Å²) < 4.78 is 1.93. The lowest BCUT2D eigenvalue weighted by molar-refractivity contribution is 0.592. The minimum Gasteiger partial charge on any atom is -0.361 e. The third kappa shape index (κ3) is 2.56. The van der Waals surface area contributed by atoms with Crippen LogP contribution < -0.4 is 5.32 Å². The first-order valence-corrected chi connectivity index (χ1v) is 5.44. The van der Waals surface area contributed by atoms with Gasteiger partial charge in [-0.25, -0.2) is 4.98 Å². The van der Waals surface area contributed by atoms with Gasteiger partial charge in [0.25, 0.3) is 0 Å². The van der Waals surface area contributed by atoms with Crippen LogP contribution >= 0.6 is 11.3 Å².